The van der Waals surface area contributed by atoms with E-state index in [1.54, 1.807) is 18.5 Å². The van der Waals surface area contributed by atoms with E-state index in [0.717, 1.165) is 18.4 Å². The number of hydrogen-bond acceptors (Lipinski definition) is 4. The van der Waals surface area contributed by atoms with Gasteiger partial charge in [-0.05, 0) is 31.4 Å². The van der Waals surface area contributed by atoms with Gasteiger partial charge in [0.2, 0.25) is 5.82 Å². The van der Waals surface area contributed by atoms with Gasteiger partial charge in [-0.1, -0.05) is 0 Å². The van der Waals surface area contributed by atoms with Crippen LogP contribution in [0.2, 0.25) is 0 Å². The first kappa shape index (κ1) is 9.83. The van der Waals surface area contributed by atoms with Gasteiger partial charge in [-0.15, -0.1) is 0 Å². The van der Waals surface area contributed by atoms with Crippen LogP contribution in [-0.4, -0.2) is 22.4 Å². The summed E-state index contributed by atoms with van der Waals surface area (Å²) in [5.41, 5.74) is 0.935. The van der Waals surface area contributed by atoms with Gasteiger partial charge in [0, 0.05) is 12.4 Å². The van der Waals surface area contributed by atoms with E-state index < -0.39 is 0 Å². The van der Waals surface area contributed by atoms with Gasteiger partial charge < -0.3 is 4.74 Å². The van der Waals surface area contributed by atoms with Crippen LogP contribution in [0.4, 0.5) is 0 Å². The number of carbonyl (C=O) groups excluding carboxylic acids is 1. The number of ether oxygens (including phenoxy) is 1. The monoisotopic (exact) mass is 204 g/mol. The molecule has 0 atom stereocenters. The Labute approximate surface area is 88.0 Å². The fourth-order valence-electron chi connectivity index (χ4n) is 1.34. The molecule has 2 rings (SSSR count). The third kappa shape index (κ3) is 2.21. The molecule has 0 amide bonds. The third-order valence-electron chi connectivity index (χ3n) is 2.14. The third-order valence-corrected chi connectivity index (χ3v) is 2.14. The average molecular weight is 204 g/mol. The fourth-order valence-corrected chi connectivity index (χ4v) is 1.34. The molecule has 0 N–H and O–H groups in total. The van der Waals surface area contributed by atoms with Crippen molar-refractivity contribution >= 4 is 5.78 Å². The predicted octanol–water partition coefficient (Wildman–Crippen LogP) is 1.66. The first-order valence-electron chi connectivity index (χ1n) is 4.93. The highest BCUT2D eigenvalue weighted by Crippen LogP contribution is 2.13. The minimum absolute atomic E-state index is 0.203. The van der Waals surface area contributed by atoms with Gasteiger partial charge in [0.15, 0.2) is 5.76 Å². The number of hydrogen-bond donors (Lipinski definition) is 0. The van der Waals surface area contributed by atoms with Crippen molar-refractivity contribution < 1.29 is 9.53 Å². The van der Waals surface area contributed by atoms with Crippen LogP contribution < -0.4 is 0 Å². The van der Waals surface area contributed by atoms with Gasteiger partial charge in [0.25, 0.3) is 5.78 Å². The lowest BCUT2D eigenvalue weighted by Gasteiger charge is -2.12. The lowest BCUT2D eigenvalue weighted by atomic mass is 10.2. The molecule has 1 aromatic rings. The van der Waals surface area contributed by atoms with Crippen LogP contribution in [0.1, 0.15) is 29.0 Å². The van der Waals surface area contributed by atoms with Crippen LogP contribution in [0.25, 0.3) is 0 Å². The summed E-state index contributed by atoms with van der Waals surface area (Å²) >= 11 is 0. The molecule has 0 bridgehead atoms. The highest BCUT2D eigenvalue weighted by Gasteiger charge is 2.18. The van der Waals surface area contributed by atoms with Crippen LogP contribution in [0.5, 0.6) is 0 Å². The van der Waals surface area contributed by atoms with E-state index in [-0.39, 0.29) is 11.6 Å². The second kappa shape index (κ2) is 4.21. The summed E-state index contributed by atoms with van der Waals surface area (Å²) in [7, 11) is 0. The molecular weight excluding hydrogens is 192 g/mol. The van der Waals surface area contributed by atoms with Crippen LogP contribution in [0.3, 0.4) is 0 Å². The van der Waals surface area contributed by atoms with Gasteiger partial charge in [-0.25, -0.2) is 9.97 Å². The van der Waals surface area contributed by atoms with Crippen molar-refractivity contribution in [2.75, 3.05) is 6.61 Å². The van der Waals surface area contributed by atoms with Crippen molar-refractivity contribution in [2.45, 2.75) is 19.8 Å². The molecule has 0 unspecified atom stereocenters. The first-order chi connectivity index (χ1) is 7.27. The Hall–Kier alpha value is -1.71. The summed E-state index contributed by atoms with van der Waals surface area (Å²) in [5.74, 6) is 0.355. The molecule has 15 heavy (non-hydrogen) atoms. The van der Waals surface area contributed by atoms with Crippen molar-refractivity contribution in [2.24, 2.45) is 0 Å². The molecule has 0 fully saturated rings. The number of allylic oxidation sites excluding steroid dienone is 2. The largest absolute Gasteiger partial charge is 0.490 e. The summed E-state index contributed by atoms with van der Waals surface area (Å²) < 4.78 is 5.26. The summed E-state index contributed by atoms with van der Waals surface area (Å²) in [6.07, 6.45) is 6.90. The standard InChI is InChI=1S/C11H12N2O2/c1-8-6-12-11(13-7-8)10(14)9-4-2-3-5-15-9/h4,6-7H,2-3,5H2,1H3. The Balaban J connectivity index is 2.20. The van der Waals surface area contributed by atoms with Gasteiger partial charge in [-0.3, -0.25) is 4.79 Å². The number of nitrogens with zero attached hydrogens (tertiary/aromatic N) is 2. The number of rotatable bonds is 2. The highest BCUT2D eigenvalue weighted by molar-refractivity contribution is 6.04. The number of aryl methyl sites for hydroxylation is 1. The second-order valence-electron chi connectivity index (χ2n) is 3.47. The van der Waals surface area contributed by atoms with Crippen molar-refractivity contribution in [1.82, 2.24) is 9.97 Å². The topological polar surface area (TPSA) is 52.1 Å². The van der Waals surface area contributed by atoms with E-state index in [1.807, 2.05) is 6.92 Å². The number of aromatic nitrogens is 2. The van der Waals surface area contributed by atoms with Crippen LogP contribution >= 0.6 is 0 Å². The van der Waals surface area contributed by atoms with E-state index in [1.165, 1.54) is 0 Å². The molecule has 0 spiro atoms. The maximum atomic E-state index is 11.8. The summed E-state index contributed by atoms with van der Waals surface area (Å²) in [4.78, 5) is 19.7. The second-order valence-corrected chi connectivity index (χ2v) is 3.47. The maximum Gasteiger partial charge on any atom is 0.264 e. The maximum absolute atomic E-state index is 11.8. The summed E-state index contributed by atoms with van der Waals surface area (Å²) in [6, 6.07) is 0. The molecule has 4 heteroatoms. The van der Waals surface area contributed by atoms with E-state index in [0.29, 0.717) is 12.4 Å². The lowest BCUT2D eigenvalue weighted by molar-refractivity contribution is 0.0889. The number of ketones is 1. The zero-order valence-electron chi connectivity index (χ0n) is 8.56. The van der Waals surface area contributed by atoms with Crippen LogP contribution in [0, 0.1) is 6.92 Å². The van der Waals surface area contributed by atoms with Crippen molar-refractivity contribution in [3.63, 3.8) is 0 Å². The van der Waals surface area contributed by atoms with Crippen LogP contribution in [-0.2, 0) is 4.74 Å². The molecule has 0 radical (unpaired) electrons. The smallest absolute Gasteiger partial charge is 0.264 e. The zero-order valence-corrected chi connectivity index (χ0v) is 8.56. The minimum atomic E-state index is -0.227. The van der Waals surface area contributed by atoms with E-state index in [2.05, 4.69) is 9.97 Å². The Kier molecular flexibility index (Phi) is 2.76. The molecule has 1 aliphatic heterocycles. The van der Waals surface area contributed by atoms with Gasteiger partial charge in [0.05, 0.1) is 6.61 Å². The molecule has 2 heterocycles. The van der Waals surface area contributed by atoms with E-state index in [9.17, 15) is 4.79 Å². The van der Waals surface area contributed by atoms with Crippen LogP contribution in [0.15, 0.2) is 24.2 Å². The van der Waals surface area contributed by atoms with Crippen molar-refractivity contribution in [1.29, 1.82) is 0 Å². The van der Waals surface area contributed by atoms with Gasteiger partial charge in [-0.2, -0.15) is 0 Å². The van der Waals surface area contributed by atoms with Gasteiger partial charge in [0.1, 0.15) is 0 Å². The quantitative estimate of drug-likeness (QED) is 0.687. The normalized spacial score (nSPS) is 15.4. The molecule has 0 saturated heterocycles. The Morgan fingerprint density at radius 1 is 1.40 bits per heavy atom. The van der Waals surface area contributed by atoms with Gasteiger partial charge >= 0.3 is 0 Å². The predicted molar refractivity (Wildman–Crippen MR) is 54.4 cm³/mol. The molecule has 0 aliphatic carbocycles. The molecule has 78 valence electrons. The highest BCUT2D eigenvalue weighted by atomic mass is 16.5. The molecule has 0 saturated carbocycles. The lowest BCUT2D eigenvalue weighted by Crippen LogP contribution is -2.14. The SMILES string of the molecule is Cc1cnc(C(=O)C2=CCCCO2)nc1. The van der Waals surface area contributed by atoms with E-state index >= 15 is 0 Å². The molecular formula is C11H12N2O2. The molecule has 0 aromatic carbocycles. The Morgan fingerprint density at radius 2 is 2.13 bits per heavy atom. The fraction of sp³-hybridized carbons (Fsp3) is 0.364. The minimum Gasteiger partial charge on any atom is -0.490 e. The van der Waals surface area contributed by atoms with Crippen molar-refractivity contribution in [3.05, 3.63) is 35.6 Å². The number of Topliss-reactive ketones (excluding diaryl/α,β-unsaturated/α-hetero) is 1. The molecule has 1 aliphatic rings. The number of carbonyl (C=O) groups is 1. The Bertz CT molecular complexity index is 396. The Morgan fingerprint density at radius 3 is 2.73 bits per heavy atom. The zero-order chi connectivity index (χ0) is 10.7. The molecule has 1 aromatic heterocycles. The average Bonchev–Trinajstić information content (AvgIpc) is 2.30. The summed E-state index contributed by atoms with van der Waals surface area (Å²) in [6.45, 7) is 2.48. The van der Waals surface area contributed by atoms with Crippen molar-refractivity contribution in [3.8, 4) is 0 Å². The molecule has 4 nitrogen and oxygen atoms in total. The summed E-state index contributed by atoms with van der Waals surface area (Å²) in [5, 5.41) is 0. The van der Waals surface area contributed by atoms with E-state index in [4.69, 9.17) is 4.74 Å². The first-order valence-corrected chi connectivity index (χ1v) is 4.93.